The molecule has 1 unspecified atom stereocenters. The van der Waals surface area contributed by atoms with Gasteiger partial charge in [-0.1, -0.05) is 11.6 Å². The average Bonchev–Trinajstić information content (AvgIpc) is 2.41. The number of halogens is 3. The molecule has 4 nitrogen and oxygen atoms in total. The molecule has 0 aliphatic carbocycles. The third-order valence-corrected chi connectivity index (χ3v) is 4.47. The van der Waals surface area contributed by atoms with E-state index in [1.54, 1.807) is 11.0 Å². The molecule has 2 rings (SSSR count). The van der Waals surface area contributed by atoms with E-state index < -0.39 is 11.7 Å². The van der Waals surface area contributed by atoms with E-state index in [-0.39, 0.29) is 17.9 Å². The third kappa shape index (κ3) is 4.37. The second-order valence-electron chi connectivity index (χ2n) is 6.64. The zero-order valence-electron chi connectivity index (χ0n) is 13.6. The molecule has 0 saturated carbocycles. The van der Waals surface area contributed by atoms with Crippen molar-refractivity contribution in [1.82, 2.24) is 10.2 Å². The number of carbonyl (C=O) groups is 1. The van der Waals surface area contributed by atoms with Crippen LogP contribution in [0.3, 0.4) is 0 Å². The zero-order valence-corrected chi connectivity index (χ0v) is 16.0. The van der Waals surface area contributed by atoms with Crippen molar-refractivity contribution in [3.05, 3.63) is 33.0 Å². The summed E-state index contributed by atoms with van der Waals surface area (Å²) in [6.07, 6.45) is -0.391. The Labute approximate surface area is 149 Å². The lowest BCUT2D eigenvalue weighted by Crippen LogP contribution is -2.55. The van der Waals surface area contributed by atoms with Crippen LogP contribution in [0.25, 0.3) is 0 Å². The number of nitrogens with one attached hydrogen (secondary N) is 1. The van der Waals surface area contributed by atoms with Crippen molar-refractivity contribution in [2.75, 3.05) is 13.1 Å². The van der Waals surface area contributed by atoms with Gasteiger partial charge >= 0.3 is 6.09 Å². The van der Waals surface area contributed by atoms with Crippen molar-refractivity contribution in [2.45, 2.75) is 45.4 Å². The van der Waals surface area contributed by atoms with Gasteiger partial charge in [-0.3, -0.25) is 0 Å². The molecule has 1 amide bonds. The first-order chi connectivity index (χ1) is 10.6. The first kappa shape index (κ1) is 18.5. The number of piperazine rings is 1. The first-order valence-electron chi connectivity index (χ1n) is 7.47. The molecule has 0 bridgehead atoms. The second kappa shape index (κ2) is 6.95. The summed E-state index contributed by atoms with van der Waals surface area (Å²) in [4.78, 5) is 14.0. The Morgan fingerprint density at radius 1 is 1.48 bits per heavy atom. The maximum atomic E-state index is 14.5. The molecule has 23 heavy (non-hydrogen) atoms. The van der Waals surface area contributed by atoms with E-state index >= 15 is 0 Å². The van der Waals surface area contributed by atoms with E-state index in [1.165, 1.54) is 6.07 Å². The average molecular weight is 408 g/mol. The number of amides is 1. The van der Waals surface area contributed by atoms with Gasteiger partial charge in [-0.2, -0.15) is 0 Å². The van der Waals surface area contributed by atoms with Crippen LogP contribution in [0.15, 0.2) is 16.6 Å². The Hall–Kier alpha value is -0.850. The van der Waals surface area contributed by atoms with E-state index in [9.17, 15) is 9.18 Å². The molecule has 1 N–H and O–H groups in total. The molecular formula is C16H21BrClFN2O2. The van der Waals surface area contributed by atoms with Gasteiger partial charge in [0.1, 0.15) is 11.4 Å². The molecule has 7 heteroatoms. The van der Waals surface area contributed by atoms with Gasteiger partial charge in [0.25, 0.3) is 0 Å². The minimum atomic E-state index is -0.568. The summed E-state index contributed by atoms with van der Waals surface area (Å²) in [6, 6.07) is 2.48. The number of benzene rings is 1. The molecule has 1 aromatic rings. The van der Waals surface area contributed by atoms with E-state index in [4.69, 9.17) is 16.3 Å². The monoisotopic (exact) mass is 406 g/mol. The fourth-order valence-corrected chi connectivity index (χ4v) is 3.48. The highest BCUT2D eigenvalue weighted by Gasteiger charge is 2.35. The number of nitrogens with zero attached hydrogens (tertiary/aromatic N) is 1. The van der Waals surface area contributed by atoms with Crippen molar-refractivity contribution >= 4 is 33.6 Å². The van der Waals surface area contributed by atoms with Crippen molar-refractivity contribution in [2.24, 2.45) is 0 Å². The lowest BCUT2D eigenvalue weighted by atomic mass is 9.97. The van der Waals surface area contributed by atoms with Crippen LogP contribution in [0.5, 0.6) is 0 Å². The van der Waals surface area contributed by atoms with Crippen LogP contribution in [-0.4, -0.2) is 35.7 Å². The Kier molecular flexibility index (Phi) is 5.59. The molecule has 0 aromatic heterocycles. The Bertz CT molecular complexity index is 606. The molecule has 1 aromatic carbocycles. The van der Waals surface area contributed by atoms with E-state index in [2.05, 4.69) is 21.2 Å². The highest BCUT2D eigenvalue weighted by molar-refractivity contribution is 9.10. The van der Waals surface area contributed by atoms with E-state index in [0.29, 0.717) is 28.1 Å². The smallest absolute Gasteiger partial charge is 0.410 e. The number of hydrogen-bond donors (Lipinski definition) is 1. The summed E-state index contributed by atoms with van der Waals surface area (Å²) in [7, 11) is 0. The van der Waals surface area contributed by atoms with Crippen molar-refractivity contribution in [1.29, 1.82) is 0 Å². The maximum absolute atomic E-state index is 14.5. The number of hydrogen-bond acceptors (Lipinski definition) is 3. The predicted octanol–water partition coefficient (Wildman–Crippen LogP) is 4.51. The highest BCUT2D eigenvalue weighted by atomic mass is 79.9. The molecule has 0 radical (unpaired) electrons. The van der Waals surface area contributed by atoms with E-state index in [1.807, 2.05) is 27.7 Å². The van der Waals surface area contributed by atoms with Crippen LogP contribution in [0.2, 0.25) is 5.02 Å². The van der Waals surface area contributed by atoms with Crippen LogP contribution in [-0.2, 0) is 4.74 Å². The highest BCUT2D eigenvalue weighted by Crippen LogP contribution is 2.32. The van der Waals surface area contributed by atoms with Gasteiger partial charge in [0.05, 0.1) is 16.6 Å². The minimum Gasteiger partial charge on any atom is -0.444 e. The molecule has 0 spiro atoms. The summed E-state index contributed by atoms with van der Waals surface area (Å²) in [6.45, 7) is 8.40. The van der Waals surface area contributed by atoms with Crippen molar-refractivity contribution < 1.29 is 13.9 Å². The molecule has 1 saturated heterocycles. The quantitative estimate of drug-likeness (QED) is 0.696. The summed E-state index contributed by atoms with van der Waals surface area (Å²) in [5, 5.41) is 3.70. The molecule has 1 heterocycles. The topological polar surface area (TPSA) is 41.6 Å². The normalized spacial score (nSPS) is 22.1. The van der Waals surface area contributed by atoms with Gasteiger partial charge in [0.2, 0.25) is 0 Å². The lowest BCUT2D eigenvalue weighted by molar-refractivity contribution is 0.00788. The molecule has 1 fully saturated rings. The minimum absolute atomic E-state index is 0.265. The predicted molar refractivity (Wildman–Crippen MR) is 92.3 cm³/mol. The first-order valence-corrected chi connectivity index (χ1v) is 8.64. The van der Waals surface area contributed by atoms with Gasteiger partial charge < -0.3 is 15.0 Å². The van der Waals surface area contributed by atoms with Crippen LogP contribution >= 0.6 is 27.5 Å². The number of carbonyl (C=O) groups excluding carboxylic acids is 1. The van der Waals surface area contributed by atoms with Gasteiger partial charge in [0, 0.05) is 23.7 Å². The maximum Gasteiger partial charge on any atom is 0.410 e. The Balaban J connectivity index is 2.27. The molecular weight excluding hydrogens is 387 g/mol. The molecule has 1 aliphatic rings. The number of rotatable bonds is 1. The van der Waals surface area contributed by atoms with Gasteiger partial charge in [-0.05, 0) is 55.8 Å². The van der Waals surface area contributed by atoms with Crippen molar-refractivity contribution in [3.8, 4) is 0 Å². The van der Waals surface area contributed by atoms with Gasteiger partial charge in [-0.15, -0.1) is 0 Å². The van der Waals surface area contributed by atoms with Gasteiger partial charge in [0.15, 0.2) is 0 Å². The third-order valence-electron chi connectivity index (χ3n) is 3.68. The van der Waals surface area contributed by atoms with E-state index in [0.717, 1.165) is 0 Å². The standard InChI is InChI=1S/C16H21BrClFN2O2/c1-9-14(11-7-10(18)8-12(17)13(11)19)20-5-6-21(9)15(22)23-16(2,3)4/h7-9,14,20H,5-6H2,1-4H3/t9-,14?/m1/s1. The van der Waals surface area contributed by atoms with Crippen LogP contribution < -0.4 is 5.32 Å². The summed E-state index contributed by atoms with van der Waals surface area (Å²) in [5.74, 6) is -0.371. The van der Waals surface area contributed by atoms with Crippen molar-refractivity contribution in [3.63, 3.8) is 0 Å². The largest absolute Gasteiger partial charge is 0.444 e. The molecule has 128 valence electrons. The summed E-state index contributed by atoms with van der Waals surface area (Å²) in [5.41, 5.74) is -0.133. The van der Waals surface area contributed by atoms with Crippen LogP contribution in [0, 0.1) is 5.82 Å². The lowest BCUT2D eigenvalue weighted by Gasteiger charge is -2.40. The van der Waals surface area contributed by atoms with Crippen LogP contribution in [0.4, 0.5) is 9.18 Å². The number of ether oxygens (including phenoxy) is 1. The van der Waals surface area contributed by atoms with Crippen LogP contribution in [0.1, 0.15) is 39.3 Å². The SMILES string of the molecule is C[C@@H]1C(c2cc(Cl)cc(Br)c2F)NCCN1C(=O)OC(C)(C)C. The fourth-order valence-electron chi connectivity index (χ4n) is 2.64. The molecule has 2 atom stereocenters. The Morgan fingerprint density at radius 3 is 2.74 bits per heavy atom. The summed E-state index contributed by atoms with van der Waals surface area (Å²) >= 11 is 9.22. The second-order valence-corrected chi connectivity index (χ2v) is 7.93. The fraction of sp³-hybridized carbons (Fsp3) is 0.562. The Morgan fingerprint density at radius 2 is 2.13 bits per heavy atom. The van der Waals surface area contributed by atoms with Gasteiger partial charge in [-0.25, -0.2) is 9.18 Å². The summed E-state index contributed by atoms with van der Waals surface area (Å²) < 4.78 is 20.2. The molecule has 1 aliphatic heterocycles. The zero-order chi connectivity index (χ0) is 17.4.